The molecule has 2 N–H and O–H groups in total. The molecule has 4 heteroatoms. The van der Waals surface area contributed by atoms with Crippen LogP contribution >= 0.6 is 22.6 Å². The Labute approximate surface area is 83.7 Å². The average molecular weight is 273 g/mol. The number of nitrogens with zero attached hydrogens (tertiary/aromatic N) is 2. The van der Waals surface area contributed by atoms with Crippen LogP contribution < -0.4 is 5.73 Å². The largest absolute Gasteiger partial charge is 0.397 e. The summed E-state index contributed by atoms with van der Waals surface area (Å²) in [6.07, 6.45) is 0. The van der Waals surface area contributed by atoms with E-state index in [-0.39, 0.29) is 0 Å². The van der Waals surface area contributed by atoms with Gasteiger partial charge in [0, 0.05) is 12.4 Å². The molecule has 3 nitrogen and oxygen atoms in total. The highest BCUT2D eigenvalue weighted by molar-refractivity contribution is 14.1. The smallest absolute Gasteiger partial charge is 0.131 e. The van der Waals surface area contributed by atoms with Gasteiger partial charge in [-0.15, -0.1) is 0 Å². The molecule has 2 aromatic rings. The Bertz CT molecular complexity index is 433. The van der Waals surface area contributed by atoms with Gasteiger partial charge < -0.3 is 5.73 Å². The van der Waals surface area contributed by atoms with Crippen LogP contribution in [0.15, 0.2) is 18.2 Å². The van der Waals surface area contributed by atoms with Crippen LogP contribution in [0.25, 0.3) is 10.9 Å². The van der Waals surface area contributed by atoms with E-state index < -0.39 is 0 Å². The Morgan fingerprint density at radius 1 is 1.50 bits per heavy atom. The maximum absolute atomic E-state index is 5.81. The summed E-state index contributed by atoms with van der Waals surface area (Å²) in [5.74, 6) is 0. The number of hydrogen-bond donors (Lipinski definition) is 1. The molecule has 0 saturated carbocycles. The Morgan fingerprint density at radius 2 is 2.25 bits per heavy atom. The number of aromatic nitrogens is 2. The first-order valence-corrected chi connectivity index (χ1v) is 4.64. The maximum Gasteiger partial charge on any atom is 0.131 e. The molecule has 0 atom stereocenters. The third-order valence-electron chi connectivity index (χ3n) is 1.85. The van der Waals surface area contributed by atoms with Gasteiger partial charge in [-0.25, -0.2) is 0 Å². The van der Waals surface area contributed by atoms with Crippen molar-refractivity contribution in [3.63, 3.8) is 0 Å². The van der Waals surface area contributed by atoms with Crippen molar-refractivity contribution in [3.05, 3.63) is 21.9 Å². The minimum atomic E-state index is 0.783. The van der Waals surface area contributed by atoms with Crippen LogP contribution in [0.4, 0.5) is 5.69 Å². The molecule has 1 aromatic heterocycles. The van der Waals surface area contributed by atoms with E-state index in [0.29, 0.717) is 0 Å². The lowest BCUT2D eigenvalue weighted by molar-refractivity contribution is 0.788. The monoisotopic (exact) mass is 273 g/mol. The molecule has 1 aromatic carbocycles. The first-order chi connectivity index (χ1) is 5.70. The second-order valence-electron chi connectivity index (χ2n) is 2.66. The molecule has 0 aliphatic rings. The number of hydrogen-bond acceptors (Lipinski definition) is 2. The fourth-order valence-electron chi connectivity index (χ4n) is 1.32. The summed E-state index contributed by atoms with van der Waals surface area (Å²) >= 11 is 2.21. The molecular weight excluding hydrogens is 265 g/mol. The van der Waals surface area contributed by atoms with E-state index in [1.54, 1.807) is 0 Å². The van der Waals surface area contributed by atoms with Gasteiger partial charge in [0.1, 0.15) is 3.70 Å². The van der Waals surface area contributed by atoms with Gasteiger partial charge in [-0.2, -0.15) is 5.10 Å². The quantitative estimate of drug-likeness (QED) is 0.587. The summed E-state index contributed by atoms with van der Waals surface area (Å²) in [5, 5.41) is 5.40. The number of aryl methyl sites for hydroxylation is 1. The molecule has 0 aliphatic heterocycles. The van der Waals surface area contributed by atoms with Gasteiger partial charge in [0.15, 0.2) is 0 Å². The predicted octanol–water partition coefficient (Wildman–Crippen LogP) is 1.76. The molecule has 0 radical (unpaired) electrons. The highest BCUT2D eigenvalue weighted by Gasteiger charge is 2.06. The predicted molar refractivity (Wildman–Crippen MR) is 57.8 cm³/mol. The average Bonchev–Trinajstić information content (AvgIpc) is 2.29. The number of fused-ring (bicyclic) bond motifs is 1. The Hall–Kier alpha value is -0.780. The number of benzene rings is 1. The van der Waals surface area contributed by atoms with E-state index in [4.69, 9.17) is 5.73 Å². The first-order valence-electron chi connectivity index (χ1n) is 3.57. The van der Waals surface area contributed by atoms with E-state index in [0.717, 1.165) is 20.3 Å². The van der Waals surface area contributed by atoms with Crippen molar-refractivity contribution in [2.75, 3.05) is 5.73 Å². The molecule has 0 bridgehead atoms. The van der Waals surface area contributed by atoms with E-state index in [1.165, 1.54) is 0 Å². The van der Waals surface area contributed by atoms with Crippen LogP contribution in [0.5, 0.6) is 0 Å². The van der Waals surface area contributed by atoms with Crippen molar-refractivity contribution < 1.29 is 0 Å². The van der Waals surface area contributed by atoms with Gasteiger partial charge >= 0.3 is 0 Å². The molecule has 12 heavy (non-hydrogen) atoms. The highest BCUT2D eigenvalue weighted by atomic mass is 127. The number of para-hydroxylation sites is 1. The first kappa shape index (κ1) is 7.85. The van der Waals surface area contributed by atoms with Crippen molar-refractivity contribution >= 4 is 39.2 Å². The third kappa shape index (κ3) is 0.979. The minimum absolute atomic E-state index is 0.783. The summed E-state index contributed by atoms with van der Waals surface area (Å²) in [5.41, 5.74) is 7.60. The van der Waals surface area contributed by atoms with E-state index in [9.17, 15) is 0 Å². The summed E-state index contributed by atoms with van der Waals surface area (Å²) < 4.78 is 2.81. The molecule has 0 fully saturated rings. The summed E-state index contributed by atoms with van der Waals surface area (Å²) in [6.45, 7) is 0. The Kier molecular flexibility index (Phi) is 1.71. The second-order valence-corrected chi connectivity index (χ2v) is 3.68. The number of nitrogens with two attached hydrogens (primary N) is 1. The molecule has 0 saturated heterocycles. The van der Waals surface area contributed by atoms with Crippen LogP contribution in [0.3, 0.4) is 0 Å². The fourth-order valence-corrected chi connectivity index (χ4v) is 2.08. The SMILES string of the molecule is Cn1nc(I)c2cccc(N)c21. The zero-order valence-corrected chi connectivity index (χ0v) is 8.74. The number of halogens is 1. The molecule has 0 unspecified atom stereocenters. The lowest BCUT2D eigenvalue weighted by atomic mass is 10.2. The van der Waals surface area contributed by atoms with Crippen LogP contribution in [0, 0.1) is 3.70 Å². The molecule has 1 heterocycles. The van der Waals surface area contributed by atoms with Crippen molar-refractivity contribution in [3.8, 4) is 0 Å². The van der Waals surface area contributed by atoms with Gasteiger partial charge in [-0.1, -0.05) is 6.07 Å². The van der Waals surface area contributed by atoms with Crippen molar-refractivity contribution in [2.45, 2.75) is 0 Å². The number of anilines is 1. The van der Waals surface area contributed by atoms with Crippen molar-refractivity contribution in [1.82, 2.24) is 9.78 Å². The molecule has 0 spiro atoms. The van der Waals surface area contributed by atoms with Crippen LogP contribution in [-0.4, -0.2) is 9.78 Å². The molecule has 0 amide bonds. The zero-order valence-electron chi connectivity index (χ0n) is 6.58. The van der Waals surface area contributed by atoms with Gasteiger partial charge in [0.05, 0.1) is 11.2 Å². The Morgan fingerprint density at radius 3 is 2.92 bits per heavy atom. The molecule has 62 valence electrons. The summed E-state index contributed by atoms with van der Waals surface area (Å²) in [4.78, 5) is 0. The summed E-state index contributed by atoms with van der Waals surface area (Å²) in [7, 11) is 1.90. The number of nitrogen functional groups attached to an aromatic ring is 1. The number of rotatable bonds is 0. The van der Waals surface area contributed by atoms with Gasteiger partial charge in [-0.3, -0.25) is 4.68 Å². The van der Waals surface area contributed by atoms with Crippen LogP contribution in [0.2, 0.25) is 0 Å². The zero-order chi connectivity index (χ0) is 8.72. The lowest BCUT2D eigenvalue weighted by Gasteiger charge is -1.96. The normalized spacial score (nSPS) is 10.8. The highest BCUT2D eigenvalue weighted by Crippen LogP contribution is 2.23. The van der Waals surface area contributed by atoms with Gasteiger partial charge in [0.2, 0.25) is 0 Å². The molecule has 2 rings (SSSR count). The van der Waals surface area contributed by atoms with Crippen LogP contribution in [0.1, 0.15) is 0 Å². The van der Waals surface area contributed by atoms with Crippen molar-refractivity contribution in [2.24, 2.45) is 7.05 Å². The molecule has 0 aliphatic carbocycles. The standard InChI is InChI=1S/C8H8IN3/c1-12-7-5(8(9)11-12)3-2-4-6(7)10/h2-4H,10H2,1H3. The topological polar surface area (TPSA) is 43.8 Å². The Balaban J connectivity index is 2.99. The van der Waals surface area contributed by atoms with Crippen LogP contribution in [-0.2, 0) is 7.05 Å². The van der Waals surface area contributed by atoms with Gasteiger partial charge in [-0.05, 0) is 34.7 Å². The second kappa shape index (κ2) is 2.62. The van der Waals surface area contributed by atoms with E-state index in [2.05, 4.69) is 27.7 Å². The fraction of sp³-hybridized carbons (Fsp3) is 0.125. The summed E-state index contributed by atoms with van der Waals surface area (Å²) in [6, 6.07) is 5.86. The van der Waals surface area contributed by atoms with Crippen molar-refractivity contribution in [1.29, 1.82) is 0 Å². The maximum atomic E-state index is 5.81. The van der Waals surface area contributed by atoms with E-state index in [1.807, 2.05) is 29.9 Å². The lowest BCUT2D eigenvalue weighted by Crippen LogP contribution is -1.93. The third-order valence-corrected chi connectivity index (χ3v) is 2.65. The van der Waals surface area contributed by atoms with Gasteiger partial charge in [0.25, 0.3) is 0 Å². The van der Waals surface area contributed by atoms with E-state index >= 15 is 0 Å². The molecular formula is C8H8IN3. The minimum Gasteiger partial charge on any atom is -0.397 e.